The number of nitrogens with zero attached hydrogens (tertiary/aromatic N) is 1. The lowest BCUT2D eigenvalue weighted by molar-refractivity contribution is 0.0975. The molecule has 7 N–H and O–H groups in total. The number of anilines is 2. The molecule has 1 aliphatic rings. The summed E-state index contributed by atoms with van der Waals surface area (Å²) in [5.74, 6) is -1.76. The van der Waals surface area contributed by atoms with E-state index < -0.39 is 11.6 Å². The first-order valence-corrected chi connectivity index (χ1v) is 8.99. The van der Waals surface area contributed by atoms with E-state index in [1.165, 1.54) is 24.3 Å². The quantitative estimate of drug-likeness (QED) is 0.156. The van der Waals surface area contributed by atoms with Gasteiger partial charge in [-0.15, -0.1) is 0 Å². The zero-order chi connectivity index (χ0) is 21.3. The van der Waals surface area contributed by atoms with Crippen LogP contribution in [0.5, 0.6) is 11.5 Å². The van der Waals surface area contributed by atoms with E-state index in [1.54, 1.807) is 0 Å². The number of hydrogen-bond acceptors (Lipinski definition) is 8. The maximum Gasteiger partial charge on any atom is 0.200 e. The van der Waals surface area contributed by atoms with E-state index in [0.29, 0.717) is 6.54 Å². The molecule has 3 rings (SSSR count). The Labute approximate surface area is 167 Å². The largest absolute Gasteiger partial charge is 0.507 e. The van der Waals surface area contributed by atoms with Crippen molar-refractivity contribution >= 4 is 28.8 Å². The SMILES string of the molecule is CN(C)CCNC(=N)CNc1ccc(O)c2c1C(=O)c1c(O)ccc(N)c1C2=O. The highest BCUT2D eigenvalue weighted by molar-refractivity contribution is 6.33. The van der Waals surface area contributed by atoms with Gasteiger partial charge in [0.05, 0.1) is 28.8 Å². The van der Waals surface area contributed by atoms with Gasteiger partial charge >= 0.3 is 0 Å². The van der Waals surface area contributed by atoms with Crippen LogP contribution in [0.1, 0.15) is 31.8 Å². The molecule has 0 amide bonds. The van der Waals surface area contributed by atoms with Crippen LogP contribution in [0.15, 0.2) is 24.3 Å². The number of phenolic OH excluding ortho intramolecular Hbond substituents is 2. The van der Waals surface area contributed by atoms with Gasteiger partial charge < -0.3 is 31.5 Å². The average Bonchev–Trinajstić information content (AvgIpc) is 2.66. The maximum atomic E-state index is 13.1. The van der Waals surface area contributed by atoms with Crippen LogP contribution < -0.4 is 16.4 Å². The Bertz CT molecular complexity index is 1020. The molecule has 9 nitrogen and oxygen atoms in total. The molecule has 1 aliphatic carbocycles. The molecule has 0 saturated heterocycles. The third kappa shape index (κ3) is 3.72. The lowest BCUT2D eigenvalue weighted by Crippen LogP contribution is -2.35. The number of likely N-dealkylation sites (N-methyl/N-ethyl adjacent to an activating group) is 1. The van der Waals surface area contributed by atoms with Crippen LogP contribution >= 0.6 is 0 Å². The van der Waals surface area contributed by atoms with Crippen LogP contribution in [-0.4, -0.2) is 66.2 Å². The van der Waals surface area contributed by atoms with Crippen molar-refractivity contribution in [2.24, 2.45) is 0 Å². The molecule has 2 aromatic carbocycles. The first-order chi connectivity index (χ1) is 13.7. The summed E-state index contributed by atoms with van der Waals surface area (Å²) in [5.41, 5.74) is 5.66. The zero-order valence-corrected chi connectivity index (χ0v) is 16.2. The van der Waals surface area contributed by atoms with Gasteiger partial charge in [0.1, 0.15) is 17.3 Å². The van der Waals surface area contributed by atoms with Crippen molar-refractivity contribution < 1.29 is 19.8 Å². The lowest BCUT2D eigenvalue weighted by Gasteiger charge is -2.23. The van der Waals surface area contributed by atoms with Crippen LogP contribution in [0.3, 0.4) is 0 Å². The van der Waals surface area contributed by atoms with E-state index in [9.17, 15) is 19.8 Å². The van der Waals surface area contributed by atoms with Crippen molar-refractivity contribution in [2.45, 2.75) is 0 Å². The lowest BCUT2D eigenvalue weighted by atomic mass is 9.81. The first-order valence-electron chi connectivity index (χ1n) is 8.99. The normalized spacial score (nSPS) is 12.5. The van der Waals surface area contributed by atoms with E-state index in [0.717, 1.165) is 6.54 Å². The van der Waals surface area contributed by atoms with E-state index in [2.05, 4.69) is 10.6 Å². The number of hydrogen-bond donors (Lipinski definition) is 6. The van der Waals surface area contributed by atoms with Gasteiger partial charge in [-0.2, -0.15) is 0 Å². The minimum atomic E-state index is -0.636. The first kappa shape index (κ1) is 20.2. The summed E-state index contributed by atoms with van der Waals surface area (Å²) in [7, 11) is 3.85. The molecule has 2 aromatic rings. The number of fused-ring (bicyclic) bond motifs is 2. The molecular formula is C20H23N5O4. The summed E-state index contributed by atoms with van der Waals surface area (Å²) in [6, 6.07) is 5.36. The summed E-state index contributed by atoms with van der Waals surface area (Å²) in [6.45, 7) is 1.42. The Morgan fingerprint density at radius 3 is 2.24 bits per heavy atom. The molecule has 0 spiro atoms. The molecule has 152 valence electrons. The molecule has 0 unspecified atom stereocenters. The molecule has 9 heteroatoms. The predicted molar refractivity (Wildman–Crippen MR) is 110 cm³/mol. The number of nitrogens with two attached hydrogens (primary N) is 1. The second-order valence-electron chi connectivity index (χ2n) is 7.03. The van der Waals surface area contributed by atoms with Crippen molar-refractivity contribution in [3.05, 3.63) is 46.5 Å². The number of amidine groups is 1. The number of phenols is 2. The van der Waals surface area contributed by atoms with Crippen molar-refractivity contribution in [1.82, 2.24) is 10.2 Å². The Balaban J connectivity index is 1.92. The number of aromatic hydroxyl groups is 2. The van der Waals surface area contributed by atoms with Gasteiger partial charge in [0.2, 0.25) is 11.6 Å². The monoisotopic (exact) mass is 397 g/mol. The highest BCUT2D eigenvalue weighted by atomic mass is 16.3. The van der Waals surface area contributed by atoms with Crippen molar-refractivity contribution in [3.8, 4) is 11.5 Å². The molecule has 29 heavy (non-hydrogen) atoms. The van der Waals surface area contributed by atoms with Gasteiger partial charge in [0.15, 0.2) is 0 Å². The van der Waals surface area contributed by atoms with Crippen LogP contribution in [-0.2, 0) is 0 Å². The highest BCUT2D eigenvalue weighted by Crippen LogP contribution is 2.41. The standard InChI is InChI=1S/C20H23N5O4/c1-25(2)8-7-23-14(22)9-24-11-4-6-13(27)18-16(11)20(29)17-12(26)5-3-10(21)15(17)19(18)28/h3-6,24,26-27H,7-9,21H2,1-2H3,(H2,22,23). The van der Waals surface area contributed by atoms with E-state index in [1.807, 2.05) is 19.0 Å². The second-order valence-corrected chi connectivity index (χ2v) is 7.03. The molecule has 0 aromatic heterocycles. The summed E-state index contributed by atoms with van der Waals surface area (Å²) in [6.07, 6.45) is 0. The van der Waals surface area contributed by atoms with Gasteiger partial charge in [-0.25, -0.2) is 0 Å². The Morgan fingerprint density at radius 1 is 1.00 bits per heavy atom. The molecule has 0 radical (unpaired) electrons. The molecular weight excluding hydrogens is 374 g/mol. The fourth-order valence-electron chi connectivity index (χ4n) is 3.21. The predicted octanol–water partition coefficient (Wildman–Crippen LogP) is 0.996. The van der Waals surface area contributed by atoms with Gasteiger partial charge in [-0.3, -0.25) is 15.0 Å². The van der Waals surface area contributed by atoms with Crippen LogP contribution in [0.2, 0.25) is 0 Å². The van der Waals surface area contributed by atoms with Crippen LogP contribution in [0, 0.1) is 5.41 Å². The summed E-state index contributed by atoms with van der Waals surface area (Å²) < 4.78 is 0. The minimum absolute atomic E-state index is 0.0476. The van der Waals surface area contributed by atoms with E-state index in [-0.39, 0.29) is 57.5 Å². The van der Waals surface area contributed by atoms with Gasteiger partial charge in [0.25, 0.3) is 0 Å². The van der Waals surface area contributed by atoms with Crippen molar-refractivity contribution in [3.63, 3.8) is 0 Å². The molecule has 0 bridgehead atoms. The maximum absolute atomic E-state index is 13.1. The Morgan fingerprint density at radius 2 is 1.59 bits per heavy atom. The number of nitrogen functional groups attached to an aromatic ring is 1. The highest BCUT2D eigenvalue weighted by Gasteiger charge is 2.37. The Hall–Kier alpha value is -3.59. The fourth-order valence-corrected chi connectivity index (χ4v) is 3.21. The number of carbonyl (C=O) groups excluding carboxylic acids is 2. The minimum Gasteiger partial charge on any atom is -0.507 e. The van der Waals surface area contributed by atoms with Crippen LogP contribution in [0.4, 0.5) is 11.4 Å². The fraction of sp³-hybridized carbons (Fsp3) is 0.250. The summed E-state index contributed by atoms with van der Waals surface area (Å²) >= 11 is 0. The Kier molecular flexibility index (Phi) is 5.42. The number of carbonyl (C=O) groups is 2. The smallest absolute Gasteiger partial charge is 0.200 e. The summed E-state index contributed by atoms with van der Waals surface area (Å²) in [4.78, 5) is 28.0. The third-order valence-corrected chi connectivity index (χ3v) is 4.66. The zero-order valence-electron chi connectivity index (χ0n) is 16.2. The van der Waals surface area contributed by atoms with Gasteiger partial charge in [-0.05, 0) is 38.4 Å². The third-order valence-electron chi connectivity index (χ3n) is 4.66. The van der Waals surface area contributed by atoms with Crippen LogP contribution in [0.25, 0.3) is 0 Å². The number of rotatable bonds is 6. The topological polar surface area (TPSA) is 152 Å². The van der Waals surface area contributed by atoms with Gasteiger partial charge in [-0.1, -0.05) is 0 Å². The number of benzene rings is 2. The second kappa shape index (κ2) is 7.80. The molecule has 0 fully saturated rings. The molecule has 0 aliphatic heterocycles. The molecule has 0 atom stereocenters. The number of ketones is 2. The van der Waals surface area contributed by atoms with Crippen molar-refractivity contribution in [2.75, 3.05) is 44.8 Å². The molecule has 0 heterocycles. The van der Waals surface area contributed by atoms with Crippen molar-refractivity contribution in [1.29, 1.82) is 5.41 Å². The summed E-state index contributed by atoms with van der Waals surface area (Å²) in [5, 5.41) is 34.3. The van der Waals surface area contributed by atoms with E-state index in [4.69, 9.17) is 11.1 Å². The van der Waals surface area contributed by atoms with Gasteiger partial charge in [0, 0.05) is 24.5 Å². The number of nitrogens with one attached hydrogen (secondary N) is 3. The molecule has 0 saturated carbocycles. The average molecular weight is 397 g/mol. The van der Waals surface area contributed by atoms with E-state index >= 15 is 0 Å².